The minimum absolute atomic E-state index is 0.0772. The molecule has 1 aliphatic rings. The highest BCUT2D eigenvalue weighted by Gasteiger charge is 2.30. The van der Waals surface area contributed by atoms with Gasteiger partial charge in [-0.1, -0.05) is 30.3 Å². The van der Waals surface area contributed by atoms with Crippen molar-refractivity contribution in [3.05, 3.63) is 47.8 Å². The molecule has 0 aliphatic carbocycles. The summed E-state index contributed by atoms with van der Waals surface area (Å²) in [5.41, 5.74) is 1.59. The largest absolute Gasteiger partial charge is 0.396 e. The van der Waals surface area contributed by atoms with Crippen molar-refractivity contribution in [2.75, 3.05) is 19.7 Å². The highest BCUT2D eigenvalue weighted by atomic mass is 32.1. The lowest BCUT2D eigenvalue weighted by Crippen LogP contribution is -2.53. The van der Waals surface area contributed by atoms with Gasteiger partial charge in [0.25, 0.3) is 5.91 Å². The maximum atomic E-state index is 12.2. The fraction of sp³-hybridized carbons (Fsp3) is 0.438. The van der Waals surface area contributed by atoms with Crippen molar-refractivity contribution in [2.24, 2.45) is 5.92 Å². The number of nitrogens with zero attached hydrogens (tertiary/aromatic N) is 3. The number of amides is 1. The van der Waals surface area contributed by atoms with Gasteiger partial charge < -0.3 is 10.4 Å². The van der Waals surface area contributed by atoms with Crippen molar-refractivity contribution >= 4 is 17.6 Å². The summed E-state index contributed by atoms with van der Waals surface area (Å²) in [5.74, 6) is -0.138. The van der Waals surface area contributed by atoms with Gasteiger partial charge in [0.05, 0.1) is 17.9 Å². The summed E-state index contributed by atoms with van der Waals surface area (Å²) in [7, 11) is 0. The van der Waals surface area contributed by atoms with Crippen molar-refractivity contribution in [2.45, 2.75) is 19.0 Å². The molecule has 23 heavy (non-hydrogen) atoms. The van der Waals surface area contributed by atoms with E-state index in [0.717, 1.165) is 37.8 Å². The van der Waals surface area contributed by atoms with Crippen LogP contribution in [0.15, 0.2) is 36.5 Å². The number of hydrogen-bond acceptors (Lipinski definition) is 6. The molecule has 2 unspecified atom stereocenters. The average Bonchev–Trinajstić information content (AvgIpc) is 3.11. The van der Waals surface area contributed by atoms with E-state index in [4.69, 9.17) is 0 Å². The van der Waals surface area contributed by atoms with Gasteiger partial charge in [-0.05, 0) is 18.5 Å². The van der Waals surface area contributed by atoms with E-state index in [9.17, 15) is 9.90 Å². The Bertz CT molecular complexity index is 620. The third-order valence-corrected chi connectivity index (χ3v) is 4.71. The topological polar surface area (TPSA) is 78.4 Å². The van der Waals surface area contributed by atoms with Crippen molar-refractivity contribution in [1.82, 2.24) is 19.0 Å². The van der Waals surface area contributed by atoms with Gasteiger partial charge in [0.2, 0.25) is 0 Å². The molecule has 2 N–H and O–H groups in total. The molecule has 1 aliphatic heterocycles. The Kier molecular flexibility index (Phi) is 5.32. The van der Waals surface area contributed by atoms with E-state index in [2.05, 4.69) is 31.1 Å². The number of likely N-dealkylation sites (tertiary alicyclic amines) is 1. The van der Waals surface area contributed by atoms with Crippen LogP contribution in [0.3, 0.4) is 0 Å². The zero-order valence-corrected chi connectivity index (χ0v) is 13.6. The molecule has 6 nitrogen and oxygen atoms in total. The minimum atomic E-state index is -0.219. The first-order valence-corrected chi connectivity index (χ1v) is 8.45. The van der Waals surface area contributed by atoms with Crippen molar-refractivity contribution in [3.63, 3.8) is 0 Å². The monoisotopic (exact) mass is 332 g/mol. The number of aromatic nitrogens is 2. The molecule has 1 aromatic heterocycles. The molecule has 0 radical (unpaired) electrons. The van der Waals surface area contributed by atoms with Gasteiger partial charge in [-0.3, -0.25) is 9.69 Å². The SMILES string of the molecule is O=C(NC1CN(Cc2ccccc2)CCC1CO)c1cnsn1. The van der Waals surface area contributed by atoms with Gasteiger partial charge in [0.1, 0.15) is 0 Å². The van der Waals surface area contributed by atoms with Gasteiger partial charge in [0, 0.05) is 31.7 Å². The van der Waals surface area contributed by atoms with Crippen LogP contribution in [0.2, 0.25) is 0 Å². The summed E-state index contributed by atoms with van der Waals surface area (Å²) in [5, 5.41) is 12.6. The Morgan fingerprint density at radius 2 is 2.22 bits per heavy atom. The standard InChI is InChI=1S/C16H20N4O2S/c21-11-13-6-7-20(9-12-4-2-1-3-5-12)10-15(13)18-16(22)14-8-17-23-19-14/h1-5,8,13,15,21H,6-7,9-11H2,(H,18,22). The molecule has 0 saturated carbocycles. The maximum Gasteiger partial charge on any atom is 0.272 e. The van der Waals surface area contributed by atoms with E-state index >= 15 is 0 Å². The number of carbonyl (C=O) groups excluding carboxylic acids is 1. The normalized spacial score (nSPS) is 22.0. The van der Waals surface area contributed by atoms with Gasteiger partial charge in [-0.2, -0.15) is 8.75 Å². The third kappa shape index (κ3) is 4.13. The van der Waals surface area contributed by atoms with Crippen LogP contribution in [0.5, 0.6) is 0 Å². The third-order valence-electron chi connectivity index (χ3n) is 4.23. The molecule has 1 aromatic carbocycles. The predicted molar refractivity (Wildman–Crippen MR) is 88.1 cm³/mol. The number of aliphatic hydroxyl groups excluding tert-OH is 1. The van der Waals surface area contributed by atoms with E-state index in [1.54, 1.807) is 0 Å². The van der Waals surface area contributed by atoms with E-state index in [0.29, 0.717) is 5.69 Å². The van der Waals surface area contributed by atoms with Crippen LogP contribution < -0.4 is 5.32 Å². The minimum Gasteiger partial charge on any atom is -0.396 e. The number of carbonyl (C=O) groups is 1. The summed E-state index contributed by atoms with van der Waals surface area (Å²) in [6.45, 7) is 2.58. The fourth-order valence-corrected chi connectivity index (χ4v) is 3.35. The lowest BCUT2D eigenvalue weighted by atomic mass is 9.92. The molecule has 7 heteroatoms. The second kappa shape index (κ2) is 7.63. The van der Waals surface area contributed by atoms with Crippen molar-refractivity contribution in [3.8, 4) is 0 Å². The molecule has 2 heterocycles. The zero-order chi connectivity index (χ0) is 16.1. The zero-order valence-electron chi connectivity index (χ0n) is 12.8. The molecule has 2 atom stereocenters. The van der Waals surface area contributed by atoms with Gasteiger partial charge in [-0.25, -0.2) is 0 Å². The Morgan fingerprint density at radius 3 is 2.91 bits per heavy atom. The van der Waals surface area contributed by atoms with Crippen LogP contribution in [-0.2, 0) is 6.54 Å². The summed E-state index contributed by atoms with van der Waals surface area (Å²) < 4.78 is 7.82. The molecule has 1 fully saturated rings. The quantitative estimate of drug-likeness (QED) is 0.859. The summed E-state index contributed by atoms with van der Waals surface area (Å²) in [4.78, 5) is 14.5. The Balaban J connectivity index is 1.63. The lowest BCUT2D eigenvalue weighted by molar-refractivity contribution is 0.0727. The Hall–Kier alpha value is -1.83. The maximum absolute atomic E-state index is 12.2. The second-order valence-electron chi connectivity index (χ2n) is 5.82. The van der Waals surface area contributed by atoms with Crippen LogP contribution in [0.25, 0.3) is 0 Å². The summed E-state index contributed by atoms with van der Waals surface area (Å²) >= 11 is 1.02. The van der Waals surface area contributed by atoms with Gasteiger partial charge >= 0.3 is 0 Å². The highest BCUT2D eigenvalue weighted by molar-refractivity contribution is 6.99. The number of piperidine rings is 1. The molecule has 0 bridgehead atoms. The Morgan fingerprint density at radius 1 is 1.39 bits per heavy atom. The smallest absolute Gasteiger partial charge is 0.272 e. The van der Waals surface area contributed by atoms with Crippen molar-refractivity contribution in [1.29, 1.82) is 0 Å². The van der Waals surface area contributed by atoms with Crippen LogP contribution in [0.4, 0.5) is 0 Å². The summed E-state index contributed by atoms with van der Waals surface area (Å²) in [6.07, 6.45) is 2.34. The molecule has 3 rings (SSSR count). The summed E-state index contributed by atoms with van der Waals surface area (Å²) in [6, 6.07) is 10.2. The first-order chi connectivity index (χ1) is 11.3. The molecule has 1 saturated heterocycles. The van der Waals surface area contributed by atoms with Gasteiger partial charge in [0.15, 0.2) is 5.69 Å². The van der Waals surface area contributed by atoms with Crippen LogP contribution in [0.1, 0.15) is 22.5 Å². The second-order valence-corrected chi connectivity index (χ2v) is 6.38. The van der Waals surface area contributed by atoms with E-state index < -0.39 is 0 Å². The Labute approximate surface area is 139 Å². The highest BCUT2D eigenvalue weighted by Crippen LogP contribution is 2.19. The molecule has 0 spiro atoms. The van der Waals surface area contributed by atoms with Gasteiger partial charge in [-0.15, -0.1) is 0 Å². The van der Waals surface area contributed by atoms with Crippen LogP contribution >= 0.6 is 11.7 Å². The number of rotatable bonds is 5. The van der Waals surface area contributed by atoms with Crippen molar-refractivity contribution < 1.29 is 9.90 Å². The van der Waals surface area contributed by atoms with E-state index in [1.165, 1.54) is 11.8 Å². The number of hydrogen-bond donors (Lipinski definition) is 2. The van der Waals surface area contributed by atoms with Crippen LogP contribution in [-0.4, -0.2) is 50.4 Å². The van der Waals surface area contributed by atoms with E-state index in [1.807, 2.05) is 18.2 Å². The fourth-order valence-electron chi connectivity index (χ4n) is 2.94. The molecule has 122 valence electrons. The van der Waals surface area contributed by atoms with Crippen LogP contribution in [0, 0.1) is 5.92 Å². The first-order valence-electron chi connectivity index (χ1n) is 7.72. The predicted octanol–water partition coefficient (Wildman–Crippen LogP) is 1.15. The number of aliphatic hydroxyl groups is 1. The molecular weight excluding hydrogens is 312 g/mol. The number of benzene rings is 1. The first kappa shape index (κ1) is 16.0. The van der Waals surface area contributed by atoms with E-state index in [-0.39, 0.29) is 24.5 Å². The molecule has 2 aromatic rings. The molecule has 1 amide bonds. The average molecular weight is 332 g/mol. The molecular formula is C16H20N4O2S. The number of nitrogens with one attached hydrogen (secondary N) is 1. The lowest BCUT2D eigenvalue weighted by Gasteiger charge is -2.38.